The summed E-state index contributed by atoms with van der Waals surface area (Å²) in [4.78, 5) is 22.5. The van der Waals surface area contributed by atoms with Gasteiger partial charge in [0.2, 0.25) is 0 Å². The van der Waals surface area contributed by atoms with Crippen LogP contribution in [0.4, 0.5) is 18.9 Å². The molecular formula is C18H16F3N3O2S. The van der Waals surface area contributed by atoms with Crippen LogP contribution in [-0.4, -0.2) is 28.7 Å². The number of alkyl halides is 3. The molecule has 142 valence electrons. The molecule has 0 atom stereocenters. The van der Waals surface area contributed by atoms with Gasteiger partial charge in [0, 0.05) is 11.1 Å². The van der Waals surface area contributed by atoms with E-state index in [0.29, 0.717) is 15.5 Å². The summed E-state index contributed by atoms with van der Waals surface area (Å²) in [5, 5.41) is 3.45. The Hall–Kier alpha value is -2.68. The van der Waals surface area contributed by atoms with Crippen molar-refractivity contribution in [2.24, 2.45) is 0 Å². The fraction of sp³-hybridized carbons (Fsp3) is 0.278. The molecule has 5 nitrogen and oxygen atoms in total. The van der Waals surface area contributed by atoms with Gasteiger partial charge in [-0.25, -0.2) is 9.97 Å². The number of para-hydroxylation sites is 2. The zero-order chi connectivity index (χ0) is 19.8. The first-order chi connectivity index (χ1) is 12.7. The maximum atomic E-state index is 12.7. The van der Waals surface area contributed by atoms with E-state index in [1.807, 2.05) is 6.92 Å². The summed E-state index contributed by atoms with van der Waals surface area (Å²) in [7, 11) is 0. The van der Waals surface area contributed by atoms with Gasteiger partial charge >= 0.3 is 6.18 Å². The van der Waals surface area contributed by atoms with E-state index in [-0.39, 0.29) is 11.4 Å². The number of aromatic nitrogens is 2. The summed E-state index contributed by atoms with van der Waals surface area (Å²) < 4.78 is 42.1. The number of carbonyl (C=O) groups excluding carboxylic acids is 1. The van der Waals surface area contributed by atoms with Crippen molar-refractivity contribution in [3.8, 4) is 5.75 Å². The van der Waals surface area contributed by atoms with E-state index in [1.54, 1.807) is 19.9 Å². The smallest absolute Gasteiger partial charge is 0.422 e. The number of hydrogen-bond donors (Lipinski definition) is 1. The number of rotatable bonds is 4. The second-order valence-electron chi connectivity index (χ2n) is 5.95. The molecule has 2 heterocycles. The summed E-state index contributed by atoms with van der Waals surface area (Å²) in [6.45, 7) is 3.98. The van der Waals surface area contributed by atoms with E-state index < -0.39 is 18.7 Å². The number of carbonyl (C=O) groups is 1. The first kappa shape index (κ1) is 19.1. The third-order valence-electron chi connectivity index (χ3n) is 3.82. The zero-order valence-electron chi connectivity index (χ0n) is 14.8. The molecule has 1 N–H and O–H groups in total. The lowest BCUT2D eigenvalue weighted by molar-refractivity contribution is -0.153. The monoisotopic (exact) mass is 395 g/mol. The summed E-state index contributed by atoms with van der Waals surface area (Å²) in [5.74, 6) is 0.128. The Labute approximate surface area is 157 Å². The topological polar surface area (TPSA) is 64.1 Å². The molecule has 0 aliphatic rings. The molecular weight excluding hydrogens is 379 g/mol. The summed E-state index contributed by atoms with van der Waals surface area (Å²) in [6, 6.07) is 6.00. The largest absolute Gasteiger partial charge is 0.482 e. The normalized spacial score (nSPS) is 11.6. The van der Waals surface area contributed by atoms with Crippen molar-refractivity contribution in [1.29, 1.82) is 0 Å². The van der Waals surface area contributed by atoms with E-state index in [2.05, 4.69) is 15.3 Å². The molecule has 0 aliphatic carbocycles. The number of benzene rings is 1. The maximum Gasteiger partial charge on any atom is 0.422 e. The molecule has 1 amide bonds. The van der Waals surface area contributed by atoms with Crippen molar-refractivity contribution in [3.63, 3.8) is 0 Å². The number of anilines is 1. The Bertz CT molecular complexity index is 1010. The molecule has 3 aromatic rings. The van der Waals surface area contributed by atoms with E-state index in [4.69, 9.17) is 4.74 Å². The lowest BCUT2D eigenvalue weighted by atomic mass is 10.1. The first-order valence-corrected chi connectivity index (χ1v) is 8.81. The van der Waals surface area contributed by atoms with Crippen LogP contribution in [0.25, 0.3) is 10.2 Å². The zero-order valence-corrected chi connectivity index (χ0v) is 15.6. The number of halogens is 3. The second-order valence-corrected chi connectivity index (χ2v) is 6.95. The fourth-order valence-corrected chi connectivity index (χ4v) is 3.90. The van der Waals surface area contributed by atoms with Gasteiger partial charge in [0.15, 0.2) is 6.61 Å². The van der Waals surface area contributed by atoms with Gasteiger partial charge in [-0.2, -0.15) is 13.2 Å². The lowest BCUT2D eigenvalue weighted by Crippen LogP contribution is -2.20. The molecule has 0 aliphatic heterocycles. The Balaban J connectivity index is 1.90. The molecule has 0 fully saturated rings. The molecule has 0 radical (unpaired) electrons. The van der Waals surface area contributed by atoms with E-state index in [9.17, 15) is 18.0 Å². The number of ether oxygens (including phenoxy) is 1. The molecule has 0 unspecified atom stereocenters. The molecule has 9 heteroatoms. The van der Waals surface area contributed by atoms with Crippen molar-refractivity contribution in [3.05, 3.63) is 46.2 Å². The van der Waals surface area contributed by atoms with Crippen LogP contribution in [0.1, 0.15) is 26.8 Å². The van der Waals surface area contributed by atoms with Gasteiger partial charge in [0.1, 0.15) is 16.4 Å². The molecule has 0 bridgehead atoms. The van der Waals surface area contributed by atoms with Gasteiger partial charge < -0.3 is 10.1 Å². The highest BCUT2D eigenvalue weighted by Gasteiger charge is 2.29. The van der Waals surface area contributed by atoms with E-state index >= 15 is 0 Å². The Kier molecular flexibility index (Phi) is 5.05. The van der Waals surface area contributed by atoms with Gasteiger partial charge in [-0.1, -0.05) is 12.1 Å². The number of aryl methyl sites for hydroxylation is 3. The molecule has 2 aromatic heterocycles. The molecule has 0 spiro atoms. The second kappa shape index (κ2) is 7.15. The minimum Gasteiger partial charge on any atom is -0.482 e. The summed E-state index contributed by atoms with van der Waals surface area (Å²) in [5.41, 5.74) is 1.68. The van der Waals surface area contributed by atoms with Crippen molar-refractivity contribution >= 4 is 33.1 Å². The van der Waals surface area contributed by atoms with Crippen LogP contribution in [0.15, 0.2) is 24.3 Å². The van der Waals surface area contributed by atoms with Crippen molar-refractivity contribution in [2.45, 2.75) is 26.9 Å². The number of hydrogen-bond acceptors (Lipinski definition) is 5. The number of thiophene rings is 1. The van der Waals surface area contributed by atoms with Crippen LogP contribution in [0.5, 0.6) is 5.75 Å². The molecule has 3 rings (SSSR count). The van der Waals surface area contributed by atoms with E-state index in [0.717, 1.165) is 16.6 Å². The minimum atomic E-state index is -4.47. The highest BCUT2D eigenvalue weighted by atomic mass is 32.1. The van der Waals surface area contributed by atoms with Crippen molar-refractivity contribution in [2.75, 3.05) is 11.9 Å². The third-order valence-corrected chi connectivity index (χ3v) is 5.00. The van der Waals surface area contributed by atoms with Crippen molar-refractivity contribution in [1.82, 2.24) is 9.97 Å². The van der Waals surface area contributed by atoms with Gasteiger partial charge in [-0.15, -0.1) is 11.3 Å². The van der Waals surface area contributed by atoms with Crippen LogP contribution in [0.3, 0.4) is 0 Å². The lowest BCUT2D eigenvalue weighted by Gasteiger charge is -2.13. The van der Waals surface area contributed by atoms with Crippen LogP contribution in [0, 0.1) is 20.8 Å². The summed E-state index contributed by atoms with van der Waals surface area (Å²) in [6.07, 6.45) is -4.47. The quantitative estimate of drug-likeness (QED) is 0.689. The molecule has 27 heavy (non-hydrogen) atoms. The van der Waals surface area contributed by atoms with Crippen LogP contribution < -0.4 is 10.1 Å². The number of nitrogens with zero attached hydrogens (tertiary/aromatic N) is 2. The van der Waals surface area contributed by atoms with Gasteiger partial charge in [-0.05, 0) is 38.5 Å². The number of fused-ring (bicyclic) bond motifs is 1. The van der Waals surface area contributed by atoms with Crippen LogP contribution in [-0.2, 0) is 0 Å². The Morgan fingerprint density at radius 1 is 1.19 bits per heavy atom. The predicted octanol–water partition coefficient (Wildman–Crippen LogP) is 4.81. The fourth-order valence-electron chi connectivity index (χ4n) is 2.72. The minimum absolute atomic E-state index is 0.0474. The van der Waals surface area contributed by atoms with Gasteiger partial charge in [0.25, 0.3) is 5.91 Å². The maximum absolute atomic E-state index is 12.7. The van der Waals surface area contributed by atoms with Gasteiger partial charge in [-0.3, -0.25) is 4.79 Å². The highest BCUT2D eigenvalue weighted by molar-refractivity contribution is 7.20. The SMILES string of the molecule is Cc1nc(C)c2c(C)c(C(=O)Nc3ccccc3OCC(F)(F)F)sc2n1. The highest BCUT2D eigenvalue weighted by Crippen LogP contribution is 2.33. The van der Waals surface area contributed by atoms with Crippen molar-refractivity contribution < 1.29 is 22.7 Å². The molecule has 1 aromatic carbocycles. The average molecular weight is 395 g/mol. The number of nitrogens with one attached hydrogen (secondary N) is 1. The molecule has 0 saturated carbocycles. The third kappa shape index (κ3) is 4.19. The Morgan fingerprint density at radius 2 is 1.89 bits per heavy atom. The van der Waals surface area contributed by atoms with Crippen LogP contribution >= 0.6 is 11.3 Å². The molecule has 0 saturated heterocycles. The van der Waals surface area contributed by atoms with Gasteiger partial charge in [0.05, 0.1) is 10.6 Å². The van der Waals surface area contributed by atoms with Crippen LogP contribution in [0.2, 0.25) is 0 Å². The van der Waals surface area contributed by atoms with E-state index in [1.165, 1.54) is 29.5 Å². The predicted molar refractivity (Wildman–Crippen MR) is 97.6 cm³/mol. The summed E-state index contributed by atoms with van der Waals surface area (Å²) >= 11 is 1.22. The Morgan fingerprint density at radius 3 is 2.59 bits per heavy atom. The first-order valence-electron chi connectivity index (χ1n) is 8.00. The standard InChI is InChI=1S/C18H16F3N3O2S/c1-9-14-10(2)22-11(3)23-17(14)27-15(9)16(25)24-12-6-4-5-7-13(12)26-8-18(19,20)21/h4-7H,8H2,1-3H3,(H,24,25). The number of amides is 1. The average Bonchev–Trinajstić information content (AvgIpc) is 2.90.